The standard InChI is InChI=1S/C42H26N16O16/c59-51(60)35-15-39(55(67)68)31-11-27(35)43-19-5-1-2-6-20(19)44-28-12-32(40(56(69)70)16-36(28)52(61)62)48-25-9-23(47-31)24-10-26(25)50-34-14-30(38(54(65)66)18-42(34)58(73)74)46-22-8-4-3-7-21(22)45-29-13-33(49-24)41(57(71)72)17-37(29)53(63)64/h1-18,43-50H. The molecule has 370 valence electrons. The summed E-state index contributed by atoms with van der Waals surface area (Å²) in [5.41, 5.74) is -12.5. The maximum absolute atomic E-state index is 12.8. The van der Waals surface area contributed by atoms with Crippen LogP contribution in [-0.4, -0.2) is 39.4 Å². The van der Waals surface area contributed by atoms with Gasteiger partial charge in [0.1, 0.15) is 45.5 Å². The van der Waals surface area contributed by atoms with Gasteiger partial charge >= 0.3 is 0 Å². The molecular formula is C42H26N16O16. The van der Waals surface area contributed by atoms with E-state index < -0.39 is 130 Å². The molecule has 2 heterocycles. The monoisotopic (exact) mass is 1010 g/mol. The lowest BCUT2D eigenvalue weighted by molar-refractivity contribution is -0.393. The van der Waals surface area contributed by atoms with Gasteiger partial charge in [-0.15, -0.1) is 0 Å². The Morgan fingerprint density at radius 1 is 0.203 bits per heavy atom. The molecule has 8 N–H and O–H groups in total. The highest BCUT2D eigenvalue weighted by atomic mass is 16.7. The SMILES string of the molecule is O=[N+]([O-])c1cc([N+](=O)[O-])c2cc1Nc1ccccc1Nc1cc(c([N+](=O)[O-])cc1[N+](=O)[O-])Nc1cc(c3cc1Nc1cc(c([N+](=O)[O-])cc1[N+](=O)[O-])Nc1ccccc1Nc1cc(c([N+](=O)[O-])cc1[N+](=O)[O-])N3)N2. The van der Waals surface area contributed by atoms with Crippen molar-refractivity contribution < 1.29 is 39.4 Å². The van der Waals surface area contributed by atoms with Crippen molar-refractivity contribution in [1.82, 2.24) is 0 Å². The van der Waals surface area contributed by atoms with Crippen molar-refractivity contribution in [2.75, 3.05) is 42.5 Å². The van der Waals surface area contributed by atoms with Crippen LogP contribution in [0.3, 0.4) is 0 Å². The van der Waals surface area contributed by atoms with Crippen molar-refractivity contribution in [2.24, 2.45) is 0 Å². The predicted octanol–water partition coefficient (Wildman–Crippen LogP) is 11.5. The van der Waals surface area contributed by atoms with Crippen molar-refractivity contribution in [3.8, 4) is 0 Å². The van der Waals surface area contributed by atoms with Gasteiger partial charge in [0.2, 0.25) is 0 Å². The van der Waals surface area contributed by atoms with Gasteiger partial charge in [-0.3, -0.25) is 80.9 Å². The average Bonchev–Trinajstić information content (AvgIpc) is 3.33. The molecule has 0 amide bonds. The number of hydrogen-bond acceptors (Lipinski definition) is 24. The van der Waals surface area contributed by atoms with Crippen LogP contribution in [0.4, 0.5) is 136 Å². The van der Waals surface area contributed by atoms with Gasteiger partial charge in [0.05, 0.1) is 109 Å². The summed E-state index contributed by atoms with van der Waals surface area (Å²) >= 11 is 0. The molecule has 0 aromatic heterocycles. The van der Waals surface area contributed by atoms with Gasteiger partial charge in [0.25, 0.3) is 45.5 Å². The Bertz CT molecular complexity index is 3240. The van der Waals surface area contributed by atoms with Gasteiger partial charge in [-0.05, 0) is 60.7 Å². The molecule has 0 spiro atoms. The highest BCUT2D eigenvalue weighted by molar-refractivity contribution is 5.98. The van der Waals surface area contributed by atoms with E-state index in [9.17, 15) is 80.9 Å². The molecule has 2 aliphatic rings. The summed E-state index contributed by atoms with van der Waals surface area (Å²) in [4.78, 5) is 93.5. The van der Waals surface area contributed by atoms with Crippen molar-refractivity contribution in [3.63, 3.8) is 0 Å². The second-order valence-corrected chi connectivity index (χ2v) is 15.6. The van der Waals surface area contributed by atoms with E-state index in [1.54, 1.807) is 0 Å². The molecule has 0 aliphatic carbocycles. The zero-order valence-corrected chi connectivity index (χ0v) is 36.5. The van der Waals surface area contributed by atoms with Crippen LogP contribution in [0.5, 0.6) is 0 Å². The zero-order valence-electron chi connectivity index (χ0n) is 36.5. The van der Waals surface area contributed by atoms with Gasteiger partial charge in [0.15, 0.2) is 0 Å². The van der Waals surface area contributed by atoms with Gasteiger partial charge in [-0.1, -0.05) is 24.3 Å². The topological polar surface area (TPSA) is 441 Å². The summed E-state index contributed by atoms with van der Waals surface area (Å²) in [5.74, 6) is 0. The lowest BCUT2D eigenvalue weighted by Crippen LogP contribution is -2.08. The summed E-state index contributed by atoms with van der Waals surface area (Å²) < 4.78 is 0. The van der Waals surface area contributed by atoms with E-state index in [1.165, 1.54) is 48.5 Å². The van der Waals surface area contributed by atoms with Crippen molar-refractivity contribution in [2.45, 2.75) is 0 Å². The number of fused-ring (bicyclic) bond motifs is 16. The quantitative estimate of drug-likeness (QED) is 0.0517. The van der Waals surface area contributed by atoms with Crippen LogP contribution in [0.25, 0.3) is 0 Å². The van der Waals surface area contributed by atoms with Crippen molar-refractivity contribution in [3.05, 3.63) is 190 Å². The third-order valence-electron chi connectivity index (χ3n) is 11.2. The zero-order chi connectivity index (χ0) is 52.9. The molecule has 74 heavy (non-hydrogen) atoms. The molecule has 0 saturated carbocycles. The first-order chi connectivity index (χ1) is 35.2. The molecule has 0 unspecified atom stereocenters. The number of para-hydroxylation sites is 4. The van der Waals surface area contributed by atoms with Crippen LogP contribution >= 0.6 is 0 Å². The molecule has 0 fully saturated rings. The Morgan fingerprint density at radius 2 is 0.338 bits per heavy atom. The van der Waals surface area contributed by atoms with Gasteiger partial charge in [-0.2, -0.15) is 0 Å². The predicted molar refractivity (Wildman–Crippen MR) is 265 cm³/mol. The number of hydrogen-bond donors (Lipinski definition) is 8. The summed E-state index contributed by atoms with van der Waals surface area (Å²) in [6.07, 6.45) is 0. The number of benzene rings is 7. The van der Waals surface area contributed by atoms with Gasteiger partial charge in [-0.25, -0.2) is 0 Å². The molecule has 0 radical (unpaired) electrons. The minimum atomic E-state index is -0.990. The third-order valence-corrected chi connectivity index (χ3v) is 11.2. The highest BCUT2D eigenvalue weighted by Gasteiger charge is 2.33. The van der Waals surface area contributed by atoms with Gasteiger partial charge < -0.3 is 42.5 Å². The Morgan fingerprint density at radius 3 is 0.486 bits per heavy atom. The summed E-state index contributed by atoms with van der Waals surface area (Å²) in [5, 5.41) is 124. The smallest absolute Gasteiger partial charge is 0.299 e. The Labute approximate surface area is 407 Å². The summed E-state index contributed by atoms with van der Waals surface area (Å²) in [7, 11) is 0. The summed E-state index contributed by atoms with van der Waals surface area (Å²) in [6.45, 7) is 0. The number of nitrogens with one attached hydrogen (secondary N) is 8. The third kappa shape index (κ3) is 8.85. The van der Waals surface area contributed by atoms with Crippen LogP contribution in [0, 0.1) is 80.9 Å². The van der Waals surface area contributed by atoms with Crippen LogP contribution < -0.4 is 42.5 Å². The molecule has 9 rings (SSSR count). The average molecular weight is 1010 g/mol. The lowest BCUT2D eigenvalue weighted by Gasteiger charge is -2.21. The fourth-order valence-electron chi connectivity index (χ4n) is 7.89. The fourth-order valence-corrected chi connectivity index (χ4v) is 7.89. The molecule has 0 atom stereocenters. The molecule has 2 aliphatic heterocycles. The lowest BCUT2D eigenvalue weighted by atomic mass is 10.1. The molecule has 0 saturated heterocycles. The first kappa shape index (κ1) is 47.2. The van der Waals surface area contributed by atoms with Crippen LogP contribution in [0.1, 0.15) is 0 Å². The maximum Gasteiger partial charge on any atom is 0.299 e. The normalized spacial score (nSPS) is 11.9. The number of anilines is 16. The molecule has 7 aromatic rings. The van der Waals surface area contributed by atoms with E-state index in [0.29, 0.717) is 24.3 Å². The second kappa shape index (κ2) is 18.2. The van der Waals surface area contributed by atoms with Crippen molar-refractivity contribution in [1.29, 1.82) is 0 Å². The molecular weight excluding hydrogens is 985 g/mol. The number of rotatable bonds is 8. The first-order valence-electron chi connectivity index (χ1n) is 20.6. The first-order valence-corrected chi connectivity index (χ1v) is 20.6. The Kier molecular flexibility index (Phi) is 11.6. The minimum Gasteiger partial charge on any atom is -0.348 e. The Hall–Kier alpha value is -11.9. The number of nitro benzene ring substituents is 8. The number of nitro groups is 8. The van der Waals surface area contributed by atoms with Gasteiger partial charge in [0, 0.05) is 0 Å². The van der Waals surface area contributed by atoms with Crippen LogP contribution in [0.15, 0.2) is 109 Å². The van der Waals surface area contributed by atoms with Crippen molar-refractivity contribution >= 4 is 136 Å². The van der Waals surface area contributed by atoms with E-state index >= 15 is 0 Å². The molecule has 32 nitrogen and oxygen atoms in total. The fraction of sp³-hybridized carbons (Fsp3) is 0. The second-order valence-electron chi connectivity index (χ2n) is 15.6. The minimum absolute atomic E-state index is 0.0222. The van der Waals surface area contributed by atoms with E-state index in [0.717, 1.165) is 36.4 Å². The summed E-state index contributed by atoms with van der Waals surface area (Å²) in [6, 6.07) is 19.6. The number of nitrogens with zero attached hydrogens (tertiary/aromatic N) is 8. The highest BCUT2D eigenvalue weighted by Crippen LogP contribution is 2.50. The molecule has 7 aromatic carbocycles. The van der Waals surface area contributed by atoms with E-state index in [4.69, 9.17) is 0 Å². The Balaban J connectivity index is 1.42. The van der Waals surface area contributed by atoms with E-state index in [-0.39, 0.29) is 45.5 Å². The molecule has 32 heteroatoms. The van der Waals surface area contributed by atoms with Crippen LogP contribution in [0.2, 0.25) is 0 Å². The van der Waals surface area contributed by atoms with E-state index in [2.05, 4.69) is 42.5 Å². The molecule has 12 bridgehead atoms. The van der Waals surface area contributed by atoms with Crippen LogP contribution in [-0.2, 0) is 0 Å². The van der Waals surface area contributed by atoms with E-state index in [1.807, 2.05) is 0 Å². The largest absolute Gasteiger partial charge is 0.348 e. The maximum atomic E-state index is 12.8.